The molecule has 0 bridgehead atoms. The van der Waals surface area contributed by atoms with Crippen LogP contribution in [-0.4, -0.2) is 35.1 Å². The van der Waals surface area contributed by atoms with E-state index in [0.29, 0.717) is 12.1 Å². The maximum atomic E-state index is 4.58. The molecule has 1 aliphatic rings. The predicted octanol–water partition coefficient (Wildman–Crippen LogP) is 2.97. The number of rotatable bonds is 4. The minimum atomic E-state index is 0.440. The van der Waals surface area contributed by atoms with E-state index in [-0.39, 0.29) is 0 Å². The molecule has 2 aromatic heterocycles. The van der Waals surface area contributed by atoms with Gasteiger partial charge in [-0.3, -0.25) is 0 Å². The van der Waals surface area contributed by atoms with Crippen LogP contribution in [0.2, 0.25) is 0 Å². The first-order chi connectivity index (χ1) is 9.65. The SMILES string of the molecule is Cc1cc2c(N(CC3CCCN3)C(C)C)ncnc2s1. The smallest absolute Gasteiger partial charge is 0.141 e. The molecule has 0 amide bonds. The summed E-state index contributed by atoms with van der Waals surface area (Å²) in [5.74, 6) is 1.09. The third-order valence-corrected chi connectivity index (χ3v) is 4.86. The highest BCUT2D eigenvalue weighted by Crippen LogP contribution is 2.31. The zero-order chi connectivity index (χ0) is 14.1. The van der Waals surface area contributed by atoms with Crippen molar-refractivity contribution in [3.05, 3.63) is 17.3 Å². The number of hydrogen-bond acceptors (Lipinski definition) is 5. The molecule has 0 spiro atoms. The van der Waals surface area contributed by atoms with Crippen LogP contribution < -0.4 is 10.2 Å². The molecule has 3 heterocycles. The number of hydrogen-bond donors (Lipinski definition) is 1. The molecule has 1 unspecified atom stereocenters. The highest BCUT2D eigenvalue weighted by atomic mass is 32.1. The zero-order valence-electron chi connectivity index (χ0n) is 12.4. The number of aryl methyl sites for hydroxylation is 1. The van der Waals surface area contributed by atoms with Gasteiger partial charge in [0.2, 0.25) is 0 Å². The molecule has 5 heteroatoms. The summed E-state index contributed by atoms with van der Waals surface area (Å²) >= 11 is 1.74. The van der Waals surface area contributed by atoms with Crippen LogP contribution in [-0.2, 0) is 0 Å². The Morgan fingerprint density at radius 2 is 2.30 bits per heavy atom. The monoisotopic (exact) mass is 290 g/mol. The number of aromatic nitrogens is 2. The van der Waals surface area contributed by atoms with Crippen molar-refractivity contribution in [1.82, 2.24) is 15.3 Å². The minimum absolute atomic E-state index is 0.440. The Morgan fingerprint density at radius 3 is 3.00 bits per heavy atom. The van der Waals surface area contributed by atoms with Crippen LogP contribution in [0.25, 0.3) is 10.2 Å². The standard InChI is InChI=1S/C15H22N4S/c1-10(2)19(8-12-5-4-6-16-12)14-13-7-11(3)20-15(13)18-9-17-14/h7,9-10,12,16H,4-6,8H2,1-3H3. The Hall–Kier alpha value is -1.20. The second kappa shape index (κ2) is 5.66. The average molecular weight is 290 g/mol. The molecule has 1 aliphatic heterocycles. The lowest BCUT2D eigenvalue weighted by atomic mass is 10.2. The second-order valence-electron chi connectivity index (χ2n) is 5.81. The Labute approximate surface area is 124 Å². The summed E-state index contributed by atoms with van der Waals surface area (Å²) in [6.07, 6.45) is 4.25. The quantitative estimate of drug-likeness (QED) is 0.940. The molecule has 1 fully saturated rings. The largest absolute Gasteiger partial charge is 0.352 e. The number of thiophene rings is 1. The Balaban J connectivity index is 1.95. The third-order valence-electron chi connectivity index (χ3n) is 3.91. The average Bonchev–Trinajstić information content (AvgIpc) is 3.02. The van der Waals surface area contributed by atoms with E-state index in [9.17, 15) is 0 Å². The summed E-state index contributed by atoms with van der Waals surface area (Å²) < 4.78 is 0. The zero-order valence-corrected chi connectivity index (χ0v) is 13.2. The van der Waals surface area contributed by atoms with Gasteiger partial charge in [0, 0.05) is 23.5 Å². The third kappa shape index (κ3) is 2.65. The van der Waals surface area contributed by atoms with Crippen LogP contribution in [0.15, 0.2) is 12.4 Å². The van der Waals surface area contributed by atoms with E-state index >= 15 is 0 Å². The Morgan fingerprint density at radius 1 is 1.45 bits per heavy atom. The van der Waals surface area contributed by atoms with Gasteiger partial charge in [-0.1, -0.05) is 0 Å². The van der Waals surface area contributed by atoms with Gasteiger partial charge in [-0.05, 0) is 46.2 Å². The summed E-state index contributed by atoms with van der Waals surface area (Å²) in [6, 6.07) is 3.24. The van der Waals surface area contributed by atoms with E-state index in [0.717, 1.165) is 23.7 Å². The maximum Gasteiger partial charge on any atom is 0.141 e. The van der Waals surface area contributed by atoms with Gasteiger partial charge in [-0.15, -0.1) is 11.3 Å². The molecule has 1 N–H and O–H groups in total. The van der Waals surface area contributed by atoms with Crippen LogP contribution >= 0.6 is 11.3 Å². The molecule has 108 valence electrons. The summed E-state index contributed by atoms with van der Waals surface area (Å²) in [4.78, 5) is 13.8. The fraction of sp³-hybridized carbons (Fsp3) is 0.600. The molecule has 0 aromatic carbocycles. The number of anilines is 1. The Bertz CT molecular complexity index is 587. The fourth-order valence-corrected chi connectivity index (χ4v) is 3.73. The van der Waals surface area contributed by atoms with Crippen molar-refractivity contribution >= 4 is 27.4 Å². The molecule has 1 atom stereocenters. The first kappa shape index (κ1) is 13.8. The molecule has 20 heavy (non-hydrogen) atoms. The van der Waals surface area contributed by atoms with Crippen LogP contribution in [0.3, 0.4) is 0 Å². The molecular weight excluding hydrogens is 268 g/mol. The number of nitrogens with zero attached hydrogens (tertiary/aromatic N) is 3. The van der Waals surface area contributed by atoms with E-state index in [1.165, 1.54) is 23.1 Å². The molecule has 0 saturated carbocycles. The topological polar surface area (TPSA) is 41.0 Å². The maximum absolute atomic E-state index is 4.58. The van der Waals surface area contributed by atoms with Gasteiger partial charge in [0.15, 0.2) is 0 Å². The molecular formula is C15H22N4S. The van der Waals surface area contributed by atoms with Gasteiger partial charge >= 0.3 is 0 Å². The van der Waals surface area contributed by atoms with Crippen LogP contribution in [0, 0.1) is 6.92 Å². The van der Waals surface area contributed by atoms with Crippen LogP contribution in [0.5, 0.6) is 0 Å². The first-order valence-corrected chi connectivity index (χ1v) is 8.18. The molecule has 0 radical (unpaired) electrons. The molecule has 0 aliphatic carbocycles. The molecule has 3 rings (SSSR count). The summed E-state index contributed by atoms with van der Waals surface area (Å²) in [5.41, 5.74) is 0. The van der Waals surface area contributed by atoms with E-state index in [1.807, 2.05) is 0 Å². The Kier molecular flexibility index (Phi) is 3.89. The van der Waals surface area contributed by atoms with Crippen molar-refractivity contribution in [2.24, 2.45) is 0 Å². The normalized spacial score (nSPS) is 19.1. The molecule has 4 nitrogen and oxygen atoms in total. The van der Waals surface area contributed by atoms with Crippen molar-refractivity contribution in [3.8, 4) is 0 Å². The van der Waals surface area contributed by atoms with Crippen molar-refractivity contribution < 1.29 is 0 Å². The van der Waals surface area contributed by atoms with Crippen molar-refractivity contribution in [2.75, 3.05) is 18.0 Å². The van der Waals surface area contributed by atoms with E-state index < -0.39 is 0 Å². The lowest BCUT2D eigenvalue weighted by Gasteiger charge is -2.31. The summed E-state index contributed by atoms with van der Waals surface area (Å²) in [5, 5.41) is 4.78. The van der Waals surface area contributed by atoms with Crippen molar-refractivity contribution in [3.63, 3.8) is 0 Å². The van der Waals surface area contributed by atoms with Crippen LogP contribution in [0.4, 0.5) is 5.82 Å². The second-order valence-corrected chi connectivity index (χ2v) is 7.05. The van der Waals surface area contributed by atoms with Gasteiger partial charge in [0.1, 0.15) is 17.0 Å². The lowest BCUT2D eigenvalue weighted by Crippen LogP contribution is -2.41. The highest BCUT2D eigenvalue weighted by molar-refractivity contribution is 7.18. The molecule has 2 aromatic rings. The van der Waals surface area contributed by atoms with Crippen molar-refractivity contribution in [1.29, 1.82) is 0 Å². The highest BCUT2D eigenvalue weighted by Gasteiger charge is 2.22. The number of fused-ring (bicyclic) bond motifs is 1. The predicted molar refractivity (Wildman–Crippen MR) is 85.7 cm³/mol. The van der Waals surface area contributed by atoms with Crippen LogP contribution in [0.1, 0.15) is 31.6 Å². The van der Waals surface area contributed by atoms with E-state index in [1.54, 1.807) is 17.7 Å². The van der Waals surface area contributed by atoms with Gasteiger partial charge in [0.25, 0.3) is 0 Å². The minimum Gasteiger partial charge on any atom is -0.352 e. The first-order valence-electron chi connectivity index (χ1n) is 7.36. The lowest BCUT2D eigenvalue weighted by molar-refractivity contribution is 0.550. The molecule has 1 saturated heterocycles. The van der Waals surface area contributed by atoms with E-state index in [4.69, 9.17) is 0 Å². The van der Waals surface area contributed by atoms with Gasteiger partial charge in [-0.2, -0.15) is 0 Å². The number of nitrogens with one attached hydrogen (secondary N) is 1. The van der Waals surface area contributed by atoms with Crippen molar-refractivity contribution in [2.45, 2.75) is 45.7 Å². The van der Waals surface area contributed by atoms with Gasteiger partial charge in [0.05, 0.1) is 5.39 Å². The van der Waals surface area contributed by atoms with Gasteiger partial charge in [-0.25, -0.2) is 9.97 Å². The summed E-state index contributed by atoms with van der Waals surface area (Å²) in [6.45, 7) is 8.78. The fourth-order valence-electron chi connectivity index (χ4n) is 2.88. The van der Waals surface area contributed by atoms with E-state index in [2.05, 4.69) is 47.0 Å². The van der Waals surface area contributed by atoms with Gasteiger partial charge < -0.3 is 10.2 Å². The summed E-state index contributed by atoms with van der Waals surface area (Å²) in [7, 11) is 0.